The van der Waals surface area contributed by atoms with Crippen LogP contribution < -0.4 is 0 Å². The summed E-state index contributed by atoms with van der Waals surface area (Å²) in [5, 5.41) is 17.4. The molecule has 1 saturated carbocycles. The van der Waals surface area contributed by atoms with Crippen LogP contribution in [0.4, 0.5) is 4.39 Å². The van der Waals surface area contributed by atoms with Crippen molar-refractivity contribution in [2.45, 2.75) is 37.5 Å². The lowest BCUT2D eigenvalue weighted by Gasteiger charge is -2.27. The molecule has 0 spiro atoms. The van der Waals surface area contributed by atoms with E-state index >= 15 is 0 Å². The fourth-order valence-corrected chi connectivity index (χ4v) is 1.27. The highest BCUT2D eigenvalue weighted by molar-refractivity contribution is 5.77. The summed E-state index contributed by atoms with van der Waals surface area (Å²) >= 11 is 0. The molecule has 2 N–H and O–H groups in total. The van der Waals surface area contributed by atoms with Crippen molar-refractivity contribution in [1.29, 1.82) is 0 Å². The Bertz CT molecular complexity index is 161. The van der Waals surface area contributed by atoms with Crippen molar-refractivity contribution in [2.24, 2.45) is 0 Å². The van der Waals surface area contributed by atoms with E-state index in [-0.39, 0.29) is 25.7 Å². The van der Waals surface area contributed by atoms with E-state index in [1.165, 1.54) is 0 Å². The largest absolute Gasteiger partial charge is 0.479 e. The fraction of sp³-hybridized carbons (Fsp3) is 0.857. The molecule has 0 amide bonds. The highest BCUT2D eigenvalue weighted by Gasteiger charge is 2.41. The maximum Gasteiger partial charge on any atom is 0.341 e. The topological polar surface area (TPSA) is 57.5 Å². The maximum atomic E-state index is 13.2. The summed E-state index contributed by atoms with van der Waals surface area (Å²) in [5.74, 6) is -1.40. The number of aliphatic hydroxyl groups is 1. The Labute approximate surface area is 63.8 Å². The molecule has 0 radical (unpaired) electrons. The third-order valence-electron chi connectivity index (χ3n) is 2.13. The second-order valence-electron chi connectivity index (χ2n) is 3.00. The number of aliphatic hydroxyl groups excluding tert-OH is 1. The van der Waals surface area contributed by atoms with E-state index in [0.29, 0.717) is 0 Å². The van der Waals surface area contributed by atoms with E-state index in [1.807, 2.05) is 0 Å². The zero-order valence-corrected chi connectivity index (χ0v) is 6.09. The molecule has 1 rings (SSSR count). The molecule has 1 aliphatic carbocycles. The van der Waals surface area contributed by atoms with Gasteiger partial charge in [0, 0.05) is 0 Å². The lowest BCUT2D eigenvalue weighted by atomic mass is 9.85. The first-order valence-electron chi connectivity index (χ1n) is 3.65. The SMILES string of the molecule is O=C(O)[C@]1(F)CC[C@H](O)CC1. The molecule has 0 saturated heterocycles. The van der Waals surface area contributed by atoms with Crippen molar-refractivity contribution in [1.82, 2.24) is 0 Å². The second kappa shape index (κ2) is 2.77. The zero-order chi connectivity index (χ0) is 8.48. The van der Waals surface area contributed by atoms with Crippen molar-refractivity contribution >= 4 is 5.97 Å². The molecule has 0 aliphatic heterocycles. The molecule has 0 atom stereocenters. The quantitative estimate of drug-likeness (QED) is 0.597. The molecule has 0 aromatic carbocycles. The fourth-order valence-electron chi connectivity index (χ4n) is 1.27. The third-order valence-corrected chi connectivity index (χ3v) is 2.13. The van der Waals surface area contributed by atoms with E-state index in [4.69, 9.17) is 10.2 Å². The molecule has 1 fully saturated rings. The van der Waals surface area contributed by atoms with E-state index in [1.54, 1.807) is 0 Å². The van der Waals surface area contributed by atoms with E-state index in [9.17, 15) is 9.18 Å². The molecule has 0 aromatic rings. The van der Waals surface area contributed by atoms with Crippen molar-refractivity contribution in [2.75, 3.05) is 0 Å². The predicted octanol–water partition coefficient (Wildman–Crippen LogP) is 0.714. The number of aliphatic carboxylic acids is 1. The number of halogens is 1. The standard InChI is InChI=1S/C7H11FO3/c8-7(6(10)11)3-1-5(9)2-4-7/h5,9H,1-4H2,(H,10,11)/t5-,7-. The van der Waals surface area contributed by atoms with Crippen LogP contribution in [0.2, 0.25) is 0 Å². The van der Waals surface area contributed by atoms with Gasteiger partial charge in [0.15, 0.2) is 0 Å². The van der Waals surface area contributed by atoms with Crippen LogP contribution in [-0.4, -0.2) is 28.0 Å². The molecular weight excluding hydrogens is 151 g/mol. The first-order chi connectivity index (χ1) is 5.04. The molecule has 0 heterocycles. The Morgan fingerprint density at radius 1 is 1.45 bits per heavy atom. The van der Waals surface area contributed by atoms with Crippen molar-refractivity contribution in [3.63, 3.8) is 0 Å². The average molecular weight is 162 g/mol. The third kappa shape index (κ3) is 1.68. The molecular formula is C7H11FO3. The van der Waals surface area contributed by atoms with Crippen LogP contribution in [0.25, 0.3) is 0 Å². The Morgan fingerprint density at radius 2 is 1.91 bits per heavy atom. The van der Waals surface area contributed by atoms with Crippen LogP contribution in [0, 0.1) is 0 Å². The molecule has 0 bridgehead atoms. The average Bonchev–Trinajstić information content (AvgIpc) is 1.95. The number of alkyl halides is 1. The van der Waals surface area contributed by atoms with Gasteiger partial charge in [0.2, 0.25) is 5.67 Å². The van der Waals surface area contributed by atoms with Gasteiger partial charge in [-0.1, -0.05) is 0 Å². The highest BCUT2D eigenvalue weighted by atomic mass is 19.1. The summed E-state index contributed by atoms with van der Waals surface area (Å²) < 4.78 is 13.2. The van der Waals surface area contributed by atoms with Gasteiger partial charge in [-0.3, -0.25) is 0 Å². The Morgan fingerprint density at radius 3 is 2.27 bits per heavy atom. The van der Waals surface area contributed by atoms with Crippen LogP contribution in [0.3, 0.4) is 0 Å². The minimum absolute atomic E-state index is 0.0660. The van der Waals surface area contributed by atoms with E-state index in [0.717, 1.165) is 0 Å². The summed E-state index contributed by atoms with van der Waals surface area (Å²) in [7, 11) is 0. The first-order valence-corrected chi connectivity index (χ1v) is 3.65. The molecule has 0 unspecified atom stereocenters. The number of carboxylic acids is 1. The molecule has 4 heteroatoms. The van der Waals surface area contributed by atoms with E-state index in [2.05, 4.69) is 0 Å². The number of hydrogen-bond donors (Lipinski definition) is 2. The number of carboxylic acid groups (broad SMARTS) is 1. The van der Waals surface area contributed by atoms with Crippen molar-refractivity contribution in [3.8, 4) is 0 Å². The second-order valence-corrected chi connectivity index (χ2v) is 3.00. The summed E-state index contributed by atoms with van der Waals surface area (Å²) in [6, 6.07) is 0. The van der Waals surface area contributed by atoms with Gasteiger partial charge in [0.1, 0.15) is 0 Å². The van der Waals surface area contributed by atoms with Gasteiger partial charge >= 0.3 is 5.97 Å². The van der Waals surface area contributed by atoms with Crippen LogP contribution >= 0.6 is 0 Å². The lowest BCUT2D eigenvalue weighted by molar-refractivity contribution is -0.154. The van der Waals surface area contributed by atoms with Gasteiger partial charge in [0.05, 0.1) is 6.10 Å². The van der Waals surface area contributed by atoms with Gasteiger partial charge < -0.3 is 10.2 Å². The van der Waals surface area contributed by atoms with Crippen LogP contribution in [0.15, 0.2) is 0 Å². The smallest absolute Gasteiger partial charge is 0.341 e. The highest BCUT2D eigenvalue weighted by Crippen LogP contribution is 2.31. The molecule has 1 aliphatic rings. The first kappa shape index (κ1) is 8.46. The number of rotatable bonds is 1. The minimum atomic E-state index is -2.08. The Balaban J connectivity index is 2.55. The van der Waals surface area contributed by atoms with Crippen LogP contribution in [0.5, 0.6) is 0 Å². The van der Waals surface area contributed by atoms with E-state index < -0.39 is 17.7 Å². The predicted molar refractivity (Wildman–Crippen MR) is 35.9 cm³/mol. The van der Waals surface area contributed by atoms with Gasteiger partial charge in [-0.05, 0) is 25.7 Å². The summed E-state index contributed by atoms with van der Waals surface area (Å²) in [6.45, 7) is 0. The normalized spacial score (nSPS) is 38.5. The van der Waals surface area contributed by atoms with Crippen LogP contribution in [-0.2, 0) is 4.79 Å². The maximum absolute atomic E-state index is 13.2. The summed E-state index contributed by atoms with van der Waals surface area (Å²) in [6.07, 6.45) is -0.142. The number of carbonyl (C=O) groups is 1. The Hall–Kier alpha value is -0.640. The van der Waals surface area contributed by atoms with Crippen molar-refractivity contribution < 1.29 is 19.4 Å². The number of hydrogen-bond acceptors (Lipinski definition) is 2. The van der Waals surface area contributed by atoms with Gasteiger partial charge in [-0.2, -0.15) is 0 Å². The monoisotopic (exact) mass is 162 g/mol. The minimum Gasteiger partial charge on any atom is -0.479 e. The van der Waals surface area contributed by atoms with Crippen molar-refractivity contribution in [3.05, 3.63) is 0 Å². The van der Waals surface area contributed by atoms with Gasteiger partial charge in [-0.25, -0.2) is 9.18 Å². The molecule has 11 heavy (non-hydrogen) atoms. The summed E-state index contributed by atoms with van der Waals surface area (Å²) in [5.41, 5.74) is -2.08. The molecule has 0 aromatic heterocycles. The molecule has 3 nitrogen and oxygen atoms in total. The van der Waals surface area contributed by atoms with Crippen LogP contribution in [0.1, 0.15) is 25.7 Å². The van der Waals surface area contributed by atoms with Gasteiger partial charge in [-0.15, -0.1) is 0 Å². The lowest BCUT2D eigenvalue weighted by Crippen LogP contribution is -2.39. The summed E-state index contributed by atoms with van der Waals surface area (Å²) in [4.78, 5) is 10.3. The Kier molecular flexibility index (Phi) is 2.13. The zero-order valence-electron chi connectivity index (χ0n) is 6.09. The van der Waals surface area contributed by atoms with Gasteiger partial charge in [0.25, 0.3) is 0 Å². The molecule has 64 valence electrons.